The normalized spacial score (nSPS) is 14.8. The maximum atomic E-state index is 15.6. The van der Waals surface area contributed by atoms with Gasteiger partial charge in [0.05, 0.1) is 20.8 Å². The summed E-state index contributed by atoms with van der Waals surface area (Å²) >= 11 is 0.842. The van der Waals surface area contributed by atoms with Crippen molar-refractivity contribution in [1.29, 1.82) is 0 Å². The first kappa shape index (κ1) is 35.5. The molecule has 1 saturated carbocycles. The van der Waals surface area contributed by atoms with Crippen molar-refractivity contribution in [3.8, 4) is 11.5 Å². The molecular formula is C30H39FN6O8S2. The third kappa shape index (κ3) is 9.57. The zero-order valence-corrected chi connectivity index (χ0v) is 27.8. The van der Waals surface area contributed by atoms with Crippen LogP contribution in [0.25, 0.3) is 0 Å². The molecule has 2 amide bonds. The Bertz CT molecular complexity index is 1620. The van der Waals surface area contributed by atoms with E-state index in [9.17, 15) is 23.1 Å². The molecule has 1 heterocycles. The molecular weight excluding hydrogens is 655 g/mol. The molecule has 5 N–H and O–H groups in total. The van der Waals surface area contributed by atoms with Crippen LogP contribution in [0.2, 0.25) is 0 Å². The average Bonchev–Trinajstić information content (AvgIpc) is 3.73. The van der Waals surface area contributed by atoms with Gasteiger partial charge in [0.1, 0.15) is 28.5 Å². The number of sulfonamides is 1. The van der Waals surface area contributed by atoms with Crippen LogP contribution in [0.1, 0.15) is 38.2 Å². The van der Waals surface area contributed by atoms with Crippen molar-refractivity contribution in [2.24, 2.45) is 17.8 Å². The predicted octanol–water partition coefficient (Wildman–Crippen LogP) is 4.85. The Kier molecular flexibility index (Phi) is 12.0. The highest BCUT2D eigenvalue weighted by atomic mass is 32.2. The van der Waals surface area contributed by atoms with Crippen LogP contribution in [0.3, 0.4) is 0 Å². The molecule has 256 valence electrons. The van der Waals surface area contributed by atoms with Crippen molar-refractivity contribution in [1.82, 2.24) is 20.0 Å². The number of carboxylic acid groups (broad SMARTS) is 2. The Hall–Kier alpha value is -4.38. The fourth-order valence-electron chi connectivity index (χ4n) is 5.50. The van der Waals surface area contributed by atoms with Crippen LogP contribution < -0.4 is 29.7 Å². The Labute approximate surface area is 276 Å². The van der Waals surface area contributed by atoms with Gasteiger partial charge in [-0.3, -0.25) is 0 Å². The van der Waals surface area contributed by atoms with E-state index in [4.69, 9.17) is 14.6 Å². The van der Waals surface area contributed by atoms with E-state index in [0.717, 1.165) is 34.7 Å². The van der Waals surface area contributed by atoms with Gasteiger partial charge in [0.25, 0.3) is 10.0 Å². The second-order valence-electron chi connectivity index (χ2n) is 11.3. The summed E-state index contributed by atoms with van der Waals surface area (Å²) in [6.07, 6.45) is 2.22. The minimum absolute atomic E-state index is 0.0380. The molecule has 1 aliphatic carbocycles. The number of benzene rings is 2. The molecule has 0 bridgehead atoms. The van der Waals surface area contributed by atoms with E-state index in [1.165, 1.54) is 32.7 Å². The summed E-state index contributed by atoms with van der Waals surface area (Å²) in [5.74, 6) is 0.277. The van der Waals surface area contributed by atoms with Gasteiger partial charge >= 0.3 is 12.2 Å². The van der Waals surface area contributed by atoms with Crippen molar-refractivity contribution < 1.29 is 42.1 Å². The van der Waals surface area contributed by atoms with E-state index in [0.29, 0.717) is 41.5 Å². The molecule has 4 rings (SSSR count). The highest BCUT2D eigenvalue weighted by Gasteiger charge is 2.35. The van der Waals surface area contributed by atoms with Crippen LogP contribution in [0, 0.1) is 23.6 Å². The van der Waals surface area contributed by atoms with Crippen LogP contribution in [0.4, 0.5) is 24.8 Å². The molecule has 17 heteroatoms. The summed E-state index contributed by atoms with van der Waals surface area (Å²) in [5, 5.41) is 26.4. The van der Waals surface area contributed by atoms with Crippen molar-refractivity contribution in [3.05, 3.63) is 54.1 Å². The Morgan fingerprint density at radius 3 is 2.49 bits per heavy atom. The molecule has 3 unspecified atom stereocenters. The van der Waals surface area contributed by atoms with Crippen molar-refractivity contribution in [3.63, 3.8) is 0 Å². The van der Waals surface area contributed by atoms with Gasteiger partial charge in [0, 0.05) is 48.0 Å². The van der Waals surface area contributed by atoms with Crippen LogP contribution in [-0.4, -0.2) is 73.5 Å². The summed E-state index contributed by atoms with van der Waals surface area (Å²) in [6, 6.07) is 8.16. The van der Waals surface area contributed by atoms with E-state index in [1.807, 2.05) is 0 Å². The van der Waals surface area contributed by atoms with Crippen LogP contribution in [0.15, 0.2) is 47.6 Å². The molecule has 2 aromatic carbocycles. The number of hydrogen-bond donors (Lipinski definition) is 5. The van der Waals surface area contributed by atoms with Crippen molar-refractivity contribution in [2.75, 3.05) is 36.9 Å². The molecule has 0 saturated heterocycles. The standard InChI is InChI=1S/C30H39FN6O8S2/c1-18(36-30(40)41)22(12-20(19-4-5-19)10-11-32-29(38)39)15-33-23-7-9-27(25(31)13-23)47(42,43)37(28-34-17-35-46-28)16-21-6-8-24(44-2)14-26(21)45-3/h6-9,13-14,17-20,22,32-33,36H,4-5,10-12,15-16H2,1-3H3,(H,38,39)(H,40,41). The van der Waals surface area contributed by atoms with Gasteiger partial charge in [0.2, 0.25) is 5.13 Å². The van der Waals surface area contributed by atoms with Crippen molar-refractivity contribution in [2.45, 2.75) is 50.1 Å². The highest BCUT2D eigenvalue weighted by molar-refractivity contribution is 7.93. The quantitative estimate of drug-likeness (QED) is 0.122. The lowest BCUT2D eigenvalue weighted by atomic mass is 9.84. The number of hydrogen-bond acceptors (Lipinski definition) is 10. The number of aromatic nitrogens is 2. The fourth-order valence-corrected chi connectivity index (χ4v) is 7.68. The minimum atomic E-state index is -4.47. The Morgan fingerprint density at radius 2 is 1.89 bits per heavy atom. The molecule has 3 aromatic rings. The van der Waals surface area contributed by atoms with Crippen molar-refractivity contribution >= 4 is 44.6 Å². The second-order valence-corrected chi connectivity index (χ2v) is 13.9. The van der Waals surface area contributed by atoms with E-state index in [-0.39, 0.29) is 36.6 Å². The molecule has 1 aliphatic rings. The predicted molar refractivity (Wildman–Crippen MR) is 173 cm³/mol. The number of methoxy groups -OCH3 is 2. The Balaban J connectivity index is 1.53. The van der Waals surface area contributed by atoms with Gasteiger partial charge in [-0.15, -0.1) is 0 Å². The first-order valence-electron chi connectivity index (χ1n) is 14.9. The van der Waals surface area contributed by atoms with Crippen LogP contribution in [-0.2, 0) is 16.6 Å². The monoisotopic (exact) mass is 694 g/mol. The van der Waals surface area contributed by atoms with Gasteiger partial charge in [-0.25, -0.2) is 31.7 Å². The van der Waals surface area contributed by atoms with Crippen LogP contribution >= 0.6 is 11.5 Å². The zero-order valence-electron chi connectivity index (χ0n) is 26.2. The number of ether oxygens (including phenoxy) is 2. The van der Waals surface area contributed by atoms with Gasteiger partial charge in [-0.05, 0) is 80.7 Å². The second kappa shape index (κ2) is 15.9. The smallest absolute Gasteiger partial charge is 0.404 e. The lowest BCUT2D eigenvalue weighted by Gasteiger charge is -2.29. The fraction of sp³-hybridized carbons (Fsp3) is 0.467. The number of amides is 2. The summed E-state index contributed by atoms with van der Waals surface area (Å²) in [6.45, 7) is 2.08. The summed E-state index contributed by atoms with van der Waals surface area (Å²) < 4.78 is 59.0. The Morgan fingerprint density at radius 1 is 1.13 bits per heavy atom. The van der Waals surface area contributed by atoms with Gasteiger partial charge in [-0.1, -0.05) is 0 Å². The first-order valence-corrected chi connectivity index (χ1v) is 17.1. The minimum Gasteiger partial charge on any atom is -0.497 e. The van der Waals surface area contributed by atoms with Gasteiger partial charge < -0.3 is 35.6 Å². The topological polar surface area (TPSA) is 192 Å². The lowest BCUT2D eigenvalue weighted by Crippen LogP contribution is -2.41. The highest BCUT2D eigenvalue weighted by Crippen LogP contribution is 2.42. The molecule has 1 fully saturated rings. The van der Waals surface area contributed by atoms with Gasteiger partial charge in [0.15, 0.2) is 0 Å². The SMILES string of the molecule is COc1ccc(CN(c2ncns2)S(=O)(=O)c2ccc(NCC(CC(CCNC(=O)O)C3CC3)C(C)NC(=O)O)cc2F)c(OC)c1. The largest absolute Gasteiger partial charge is 0.497 e. The van der Waals surface area contributed by atoms with E-state index in [2.05, 4.69) is 25.3 Å². The summed E-state index contributed by atoms with van der Waals surface area (Å²) in [4.78, 5) is 25.9. The van der Waals surface area contributed by atoms with E-state index < -0.39 is 39.0 Å². The molecule has 14 nitrogen and oxygen atoms in total. The van der Waals surface area contributed by atoms with Gasteiger partial charge in [-0.2, -0.15) is 4.37 Å². The molecule has 1 aromatic heterocycles. The molecule has 3 atom stereocenters. The third-order valence-corrected chi connectivity index (χ3v) is 10.8. The maximum Gasteiger partial charge on any atom is 0.404 e. The number of rotatable bonds is 18. The maximum absolute atomic E-state index is 15.6. The van der Waals surface area contributed by atoms with E-state index >= 15 is 4.39 Å². The number of nitrogens with one attached hydrogen (secondary N) is 3. The number of carbonyl (C=O) groups is 2. The molecule has 47 heavy (non-hydrogen) atoms. The third-order valence-electron chi connectivity index (χ3n) is 8.18. The molecule has 0 spiro atoms. The number of halogens is 1. The van der Waals surface area contributed by atoms with Crippen LogP contribution in [0.5, 0.6) is 11.5 Å². The molecule has 0 aliphatic heterocycles. The number of anilines is 2. The average molecular weight is 695 g/mol. The lowest BCUT2D eigenvalue weighted by molar-refractivity contribution is 0.181. The first-order chi connectivity index (χ1) is 22.4. The zero-order chi connectivity index (χ0) is 34.1. The number of nitrogens with zero attached hydrogens (tertiary/aromatic N) is 3. The molecule has 0 radical (unpaired) electrons. The van der Waals surface area contributed by atoms with E-state index in [1.54, 1.807) is 25.1 Å². The summed E-state index contributed by atoms with van der Waals surface area (Å²) in [5.41, 5.74) is 0.799. The summed E-state index contributed by atoms with van der Waals surface area (Å²) in [7, 11) is -1.53.